The van der Waals surface area contributed by atoms with Crippen LogP contribution in [0.4, 0.5) is 0 Å². The first-order valence-corrected chi connectivity index (χ1v) is 13.8. The number of phenolic OH excluding ortho intramolecular Hbond substituents is 1. The van der Waals surface area contributed by atoms with Crippen molar-refractivity contribution in [3.63, 3.8) is 0 Å². The van der Waals surface area contributed by atoms with Crippen LogP contribution in [0, 0.1) is 17.8 Å². The van der Waals surface area contributed by atoms with E-state index >= 15 is 0 Å². The predicted molar refractivity (Wildman–Crippen MR) is 134 cm³/mol. The van der Waals surface area contributed by atoms with Crippen molar-refractivity contribution in [2.45, 2.75) is 108 Å². The number of benzene rings is 1. The SMILES string of the molecule is CCCCC(C)(O)C1CC2C(C)N(CC3CC3)CCC23c2c(CC)ccc(O)c2OC3C1OC. The summed E-state index contributed by atoms with van der Waals surface area (Å²) < 4.78 is 13.0. The Hall–Kier alpha value is -1.30. The number of aliphatic hydroxyl groups is 1. The van der Waals surface area contributed by atoms with E-state index in [1.807, 2.05) is 6.92 Å². The third kappa shape index (κ3) is 3.69. The number of hydrogen-bond acceptors (Lipinski definition) is 5. The number of methoxy groups -OCH3 is 1. The molecular formula is C29H45NO4. The molecule has 7 atom stereocenters. The highest BCUT2D eigenvalue weighted by Gasteiger charge is 2.67. The number of piperidine rings is 1. The van der Waals surface area contributed by atoms with Gasteiger partial charge in [-0.2, -0.15) is 0 Å². The minimum atomic E-state index is -0.810. The Kier molecular flexibility index (Phi) is 6.44. The largest absolute Gasteiger partial charge is 0.504 e. The number of unbranched alkanes of at least 4 members (excludes halogenated alkanes) is 1. The number of nitrogens with zero attached hydrogens (tertiary/aromatic N) is 1. The van der Waals surface area contributed by atoms with Crippen molar-refractivity contribution in [1.82, 2.24) is 4.90 Å². The number of phenols is 1. The zero-order chi connectivity index (χ0) is 24.3. The molecule has 0 radical (unpaired) electrons. The highest BCUT2D eigenvalue weighted by atomic mass is 16.5. The molecular weight excluding hydrogens is 426 g/mol. The van der Waals surface area contributed by atoms with Crippen LogP contribution in [0.1, 0.15) is 83.8 Å². The van der Waals surface area contributed by atoms with E-state index in [0.29, 0.717) is 17.7 Å². The number of hydrogen-bond donors (Lipinski definition) is 2. The summed E-state index contributed by atoms with van der Waals surface area (Å²) in [5.41, 5.74) is 1.53. The van der Waals surface area contributed by atoms with Gasteiger partial charge in [-0.25, -0.2) is 0 Å². The summed E-state index contributed by atoms with van der Waals surface area (Å²) in [4.78, 5) is 2.71. The van der Waals surface area contributed by atoms with Gasteiger partial charge in [-0.3, -0.25) is 0 Å². The van der Waals surface area contributed by atoms with Crippen molar-refractivity contribution in [2.75, 3.05) is 20.2 Å². The first-order valence-electron chi connectivity index (χ1n) is 13.8. The van der Waals surface area contributed by atoms with Gasteiger partial charge in [0, 0.05) is 36.6 Å². The minimum Gasteiger partial charge on any atom is -0.504 e. The minimum absolute atomic E-state index is 0.00275. The maximum atomic E-state index is 11.8. The Morgan fingerprint density at radius 3 is 2.68 bits per heavy atom. The molecule has 2 aliphatic carbocycles. The molecule has 190 valence electrons. The van der Waals surface area contributed by atoms with Crippen LogP contribution in [0.5, 0.6) is 11.5 Å². The number of likely N-dealkylation sites (tertiary alicyclic amines) is 1. The molecule has 1 saturated heterocycles. The third-order valence-corrected chi connectivity index (χ3v) is 9.95. The molecule has 34 heavy (non-hydrogen) atoms. The quantitative estimate of drug-likeness (QED) is 0.556. The molecule has 2 heterocycles. The summed E-state index contributed by atoms with van der Waals surface area (Å²) >= 11 is 0. The molecule has 1 aromatic carbocycles. The lowest BCUT2D eigenvalue weighted by Crippen LogP contribution is -2.68. The number of fused-ring (bicyclic) bond motifs is 1. The summed E-state index contributed by atoms with van der Waals surface area (Å²) in [6.07, 6.45) is 8.05. The molecule has 4 aliphatic rings. The lowest BCUT2D eigenvalue weighted by atomic mass is 9.51. The van der Waals surface area contributed by atoms with Gasteiger partial charge in [0.25, 0.3) is 0 Å². The van der Waals surface area contributed by atoms with E-state index in [1.165, 1.54) is 30.5 Å². The first-order chi connectivity index (χ1) is 16.3. The zero-order valence-electron chi connectivity index (χ0n) is 21.8. The van der Waals surface area contributed by atoms with Gasteiger partial charge in [0.2, 0.25) is 0 Å². The van der Waals surface area contributed by atoms with Gasteiger partial charge in [-0.1, -0.05) is 32.8 Å². The van der Waals surface area contributed by atoms with Crippen LogP contribution in [-0.2, 0) is 16.6 Å². The van der Waals surface area contributed by atoms with Crippen molar-refractivity contribution >= 4 is 0 Å². The molecule has 0 bridgehead atoms. The standard InChI is InChI=1S/C29H45NO4/c1-6-8-13-28(4,32)22-16-21-18(3)30(17-19-9-10-19)15-14-29(21)24-20(7-2)11-12-23(31)26(24)34-27(29)25(22)33-5/h11-12,18-19,21-22,25,27,31-32H,6-10,13-17H2,1-5H3. The summed E-state index contributed by atoms with van der Waals surface area (Å²) in [5, 5.41) is 22.7. The van der Waals surface area contributed by atoms with E-state index in [0.717, 1.165) is 51.0 Å². The fourth-order valence-electron chi connectivity index (χ4n) is 7.87. The molecule has 0 amide bonds. The number of ether oxygens (including phenoxy) is 2. The van der Waals surface area contributed by atoms with E-state index in [1.54, 1.807) is 13.2 Å². The molecule has 5 rings (SSSR count). The number of rotatable bonds is 8. The molecule has 5 heteroatoms. The van der Waals surface area contributed by atoms with Crippen LogP contribution in [-0.4, -0.2) is 59.2 Å². The van der Waals surface area contributed by atoms with Gasteiger partial charge in [-0.05, 0) is 82.4 Å². The zero-order valence-corrected chi connectivity index (χ0v) is 21.8. The second-order valence-corrected chi connectivity index (χ2v) is 11.9. The molecule has 2 N–H and O–H groups in total. The van der Waals surface area contributed by atoms with Gasteiger partial charge in [-0.15, -0.1) is 0 Å². The average Bonchev–Trinajstić information content (AvgIpc) is 3.58. The maximum Gasteiger partial charge on any atom is 0.165 e. The van der Waals surface area contributed by atoms with Gasteiger partial charge in [0.15, 0.2) is 11.5 Å². The number of aryl methyl sites for hydroxylation is 1. The Morgan fingerprint density at radius 1 is 1.26 bits per heavy atom. The maximum absolute atomic E-state index is 11.8. The smallest absolute Gasteiger partial charge is 0.165 e. The molecule has 1 spiro atoms. The lowest BCUT2D eigenvalue weighted by molar-refractivity contribution is -0.181. The Bertz CT molecular complexity index is 896. The lowest BCUT2D eigenvalue weighted by Gasteiger charge is -2.59. The molecule has 7 unspecified atom stereocenters. The van der Waals surface area contributed by atoms with Gasteiger partial charge in [0.05, 0.1) is 5.60 Å². The molecule has 1 aromatic rings. The molecule has 2 saturated carbocycles. The molecule has 0 aromatic heterocycles. The van der Waals surface area contributed by atoms with Gasteiger partial charge >= 0.3 is 0 Å². The summed E-state index contributed by atoms with van der Waals surface area (Å²) in [6, 6.07) is 4.29. The average molecular weight is 472 g/mol. The van der Waals surface area contributed by atoms with Crippen molar-refractivity contribution in [1.29, 1.82) is 0 Å². The first kappa shape index (κ1) is 24.4. The predicted octanol–water partition coefficient (Wildman–Crippen LogP) is 5.05. The fraction of sp³-hybridized carbons (Fsp3) is 0.793. The molecule has 3 fully saturated rings. The van der Waals surface area contributed by atoms with Crippen molar-refractivity contribution in [3.8, 4) is 11.5 Å². The number of aromatic hydroxyl groups is 1. The van der Waals surface area contributed by atoms with Crippen LogP contribution in [0.2, 0.25) is 0 Å². The summed E-state index contributed by atoms with van der Waals surface area (Å²) in [5.74, 6) is 2.12. The summed E-state index contributed by atoms with van der Waals surface area (Å²) in [6.45, 7) is 11.0. The van der Waals surface area contributed by atoms with E-state index < -0.39 is 5.60 Å². The monoisotopic (exact) mass is 471 g/mol. The highest BCUT2D eigenvalue weighted by Crippen LogP contribution is 2.63. The van der Waals surface area contributed by atoms with Crippen molar-refractivity contribution in [2.24, 2.45) is 17.8 Å². The Labute approximate surface area is 205 Å². The topological polar surface area (TPSA) is 62.2 Å². The molecule has 5 nitrogen and oxygen atoms in total. The van der Waals surface area contributed by atoms with Crippen LogP contribution in [0.3, 0.4) is 0 Å². The Balaban J connectivity index is 1.62. The summed E-state index contributed by atoms with van der Waals surface area (Å²) in [7, 11) is 1.78. The van der Waals surface area contributed by atoms with E-state index in [2.05, 4.69) is 31.7 Å². The normalized spacial score (nSPS) is 36.8. The third-order valence-electron chi connectivity index (χ3n) is 9.95. The van der Waals surface area contributed by atoms with Crippen LogP contribution < -0.4 is 4.74 Å². The second-order valence-electron chi connectivity index (χ2n) is 11.9. The van der Waals surface area contributed by atoms with E-state index in [-0.39, 0.29) is 29.3 Å². The van der Waals surface area contributed by atoms with E-state index in [9.17, 15) is 10.2 Å². The van der Waals surface area contributed by atoms with Crippen LogP contribution in [0.25, 0.3) is 0 Å². The fourth-order valence-corrected chi connectivity index (χ4v) is 7.87. The van der Waals surface area contributed by atoms with Crippen LogP contribution >= 0.6 is 0 Å². The highest BCUT2D eigenvalue weighted by molar-refractivity contribution is 5.59. The van der Waals surface area contributed by atoms with E-state index in [4.69, 9.17) is 9.47 Å². The van der Waals surface area contributed by atoms with Gasteiger partial charge < -0.3 is 24.6 Å². The molecule has 2 aliphatic heterocycles. The second kappa shape index (κ2) is 8.97. The van der Waals surface area contributed by atoms with Crippen molar-refractivity contribution in [3.05, 3.63) is 23.3 Å². The van der Waals surface area contributed by atoms with Gasteiger partial charge in [0.1, 0.15) is 12.2 Å². The Morgan fingerprint density at radius 2 is 2.03 bits per heavy atom. The van der Waals surface area contributed by atoms with Crippen molar-refractivity contribution < 1.29 is 19.7 Å². The van der Waals surface area contributed by atoms with Crippen LogP contribution in [0.15, 0.2) is 12.1 Å².